The van der Waals surface area contributed by atoms with Crippen LogP contribution in [0, 0.1) is 0 Å². The molecule has 1 aliphatic carbocycles. The van der Waals surface area contributed by atoms with E-state index in [2.05, 4.69) is 41.2 Å². The summed E-state index contributed by atoms with van der Waals surface area (Å²) in [5.74, 6) is 0. The minimum atomic E-state index is 0.665. The fourth-order valence-electron chi connectivity index (χ4n) is 3.04. The zero-order valence-corrected chi connectivity index (χ0v) is 11.6. The third-order valence-electron chi connectivity index (χ3n) is 3.91. The van der Waals surface area contributed by atoms with E-state index in [-0.39, 0.29) is 0 Å². The van der Waals surface area contributed by atoms with E-state index >= 15 is 0 Å². The summed E-state index contributed by atoms with van der Waals surface area (Å²) >= 11 is 0. The van der Waals surface area contributed by atoms with Gasteiger partial charge in [-0.1, -0.05) is 26.3 Å². The summed E-state index contributed by atoms with van der Waals surface area (Å²) in [6, 6.07) is 7.53. The molecule has 2 atom stereocenters. The second kappa shape index (κ2) is 6.86. The number of likely N-dealkylation sites (N-methyl/N-ethyl adjacent to an activating group) is 2. The molecule has 1 saturated carbocycles. The van der Waals surface area contributed by atoms with Gasteiger partial charge in [0.1, 0.15) is 0 Å². The lowest BCUT2D eigenvalue weighted by molar-refractivity contribution is 0.171. The molecule has 0 amide bonds. The minimum absolute atomic E-state index is 0.665. The van der Waals surface area contributed by atoms with Crippen LogP contribution in [0.3, 0.4) is 0 Å². The summed E-state index contributed by atoms with van der Waals surface area (Å²) in [7, 11) is 0. The van der Waals surface area contributed by atoms with Crippen molar-refractivity contribution in [2.75, 3.05) is 13.1 Å². The molecule has 0 aromatic carbocycles. The Morgan fingerprint density at radius 1 is 1.33 bits per heavy atom. The lowest BCUT2D eigenvalue weighted by Crippen LogP contribution is -2.46. The number of nitrogens with zero attached hydrogens (tertiary/aromatic N) is 2. The molecule has 2 unspecified atom stereocenters. The molecule has 0 saturated heterocycles. The van der Waals surface area contributed by atoms with E-state index in [0.717, 1.165) is 19.6 Å². The van der Waals surface area contributed by atoms with Gasteiger partial charge in [0, 0.05) is 24.8 Å². The van der Waals surface area contributed by atoms with E-state index in [9.17, 15) is 0 Å². The van der Waals surface area contributed by atoms with Crippen LogP contribution in [-0.2, 0) is 6.54 Å². The van der Waals surface area contributed by atoms with Gasteiger partial charge in [0.2, 0.25) is 0 Å². The van der Waals surface area contributed by atoms with Gasteiger partial charge in [-0.15, -0.1) is 0 Å². The average Bonchev–Trinajstić information content (AvgIpc) is 2.86. The Morgan fingerprint density at radius 3 is 2.89 bits per heavy atom. The molecule has 3 heteroatoms. The molecule has 3 nitrogen and oxygen atoms in total. The maximum absolute atomic E-state index is 4.45. The third kappa shape index (κ3) is 3.30. The molecule has 1 fully saturated rings. The van der Waals surface area contributed by atoms with Crippen LogP contribution in [0.5, 0.6) is 0 Å². The van der Waals surface area contributed by atoms with Crippen LogP contribution in [0.4, 0.5) is 0 Å². The minimum Gasteiger partial charge on any atom is -0.313 e. The number of pyridine rings is 1. The first kappa shape index (κ1) is 13.5. The maximum Gasteiger partial charge on any atom is 0.0544 e. The highest BCUT2D eigenvalue weighted by Crippen LogP contribution is 2.25. The Hall–Kier alpha value is -0.930. The van der Waals surface area contributed by atoms with Gasteiger partial charge in [0.25, 0.3) is 0 Å². The zero-order valence-electron chi connectivity index (χ0n) is 11.6. The molecule has 18 heavy (non-hydrogen) atoms. The number of aromatic nitrogens is 1. The molecule has 1 heterocycles. The summed E-state index contributed by atoms with van der Waals surface area (Å²) in [6.07, 6.45) is 5.87. The highest BCUT2D eigenvalue weighted by molar-refractivity contribution is 5.04. The number of hydrogen-bond donors (Lipinski definition) is 1. The van der Waals surface area contributed by atoms with Crippen molar-refractivity contribution in [3.8, 4) is 0 Å². The lowest BCUT2D eigenvalue weighted by atomic mass is 10.1. The summed E-state index contributed by atoms with van der Waals surface area (Å²) in [6.45, 7) is 7.60. The summed E-state index contributed by atoms with van der Waals surface area (Å²) < 4.78 is 0. The molecule has 0 aliphatic heterocycles. The van der Waals surface area contributed by atoms with Gasteiger partial charge in [-0.25, -0.2) is 0 Å². The second-order valence-corrected chi connectivity index (χ2v) is 5.05. The summed E-state index contributed by atoms with van der Waals surface area (Å²) in [4.78, 5) is 7.02. The van der Waals surface area contributed by atoms with Crippen molar-refractivity contribution >= 4 is 0 Å². The van der Waals surface area contributed by atoms with Gasteiger partial charge in [-0.3, -0.25) is 9.88 Å². The van der Waals surface area contributed by atoms with Crippen molar-refractivity contribution in [1.82, 2.24) is 15.2 Å². The van der Waals surface area contributed by atoms with E-state index in [1.807, 2.05) is 12.3 Å². The SMILES string of the molecule is CCNC1CCCC1N(CC)Cc1ccccn1. The van der Waals surface area contributed by atoms with Gasteiger partial charge in [0.15, 0.2) is 0 Å². The van der Waals surface area contributed by atoms with Gasteiger partial charge in [-0.05, 0) is 38.1 Å². The first-order valence-corrected chi connectivity index (χ1v) is 7.22. The van der Waals surface area contributed by atoms with Crippen LogP contribution in [-0.4, -0.2) is 35.1 Å². The number of rotatable bonds is 6. The quantitative estimate of drug-likeness (QED) is 0.837. The van der Waals surface area contributed by atoms with E-state index in [4.69, 9.17) is 0 Å². The van der Waals surface area contributed by atoms with E-state index < -0.39 is 0 Å². The van der Waals surface area contributed by atoms with Crippen molar-refractivity contribution in [2.24, 2.45) is 0 Å². The topological polar surface area (TPSA) is 28.2 Å². The first-order valence-electron chi connectivity index (χ1n) is 7.22. The predicted octanol–water partition coefficient (Wildman–Crippen LogP) is 2.43. The van der Waals surface area contributed by atoms with Crippen LogP contribution in [0.15, 0.2) is 24.4 Å². The molecule has 2 rings (SSSR count). The van der Waals surface area contributed by atoms with E-state index in [1.54, 1.807) is 0 Å². The molecule has 1 N–H and O–H groups in total. The van der Waals surface area contributed by atoms with Crippen LogP contribution in [0.25, 0.3) is 0 Å². The molecular formula is C15H25N3. The molecule has 100 valence electrons. The van der Waals surface area contributed by atoms with Crippen LogP contribution in [0.1, 0.15) is 38.8 Å². The fraction of sp³-hybridized carbons (Fsp3) is 0.667. The van der Waals surface area contributed by atoms with Crippen LogP contribution < -0.4 is 5.32 Å². The molecular weight excluding hydrogens is 222 g/mol. The number of nitrogens with one attached hydrogen (secondary N) is 1. The highest BCUT2D eigenvalue weighted by Gasteiger charge is 2.30. The Labute approximate surface area is 111 Å². The van der Waals surface area contributed by atoms with Crippen molar-refractivity contribution in [3.05, 3.63) is 30.1 Å². The molecule has 1 aliphatic rings. The normalized spacial score (nSPS) is 23.7. The molecule has 0 radical (unpaired) electrons. The smallest absolute Gasteiger partial charge is 0.0544 e. The van der Waals surface area contributed by atoms with Crippen LogP contribution >= 0.6 is 0 Å². The third-order valence-corrected chi connectivity index (χ3v) is 3.91. The van der Waals surface area contributed by atoms with Crippen molar-refractivity contribution in [3.63, 3.8) is 0 Å². The van der Waals surface area contributed by atoms with E-state index in [1.165, 1.54) is 25.0 Å². The average molecular weight is 247 g/mol. The van der Waals surface area contributed by atoms with Crippen molar-refractivity contribution in [2.45, 2.75) is 51.7 Å². The van der Waals surface area contributed by atoms with Gasteiger partial charge < -0.3 is 5.32 Å². The maximum atomic E-state index is 4.45. The molecule has 0 bridgehead atoms. The highest BCUT2D eigenvalue weighted by atomic mass is 15.2. The number of hydrogen-bond acceptors (Lipinski definition) is 3. The Bertz CT molecular complexity index is 339. The predicted molar refractivity (Wildman–Crippen MR) is 75.4 cm³/mol. The Kier molecular flexibility index (Phi) is 5.14. The fourth-order valence-corrected chi connectivity index (χ4v) is 3.04. The molecule has 1 aromatic heterocycles. The van der Waals surface area contributed by atoms with Gasteiger partial charge in [-0.2, -0.15) is 0 Å². The van der Waals surface area contributed by atoms with Gasteiger partial charge in [0.05, 0.1) is 5.69 Å². The molecule has 1 aromatic rings. The van der Waals surface area contributed by atoms with Crippen molar-refractivity contribution < 1.29 is 0 Å². The Morgan fingerprint density at radius 2 is 2.22 bits per heavy atom. The Balaban J connectivity index is 1.99. The summed E-state index contributed by atoms with van der Waals surface area (Å²) in [5.41, 5.74) is 1.18. The largest absolute Gasteiger partial charge is 0.313 e. The zero-order chi connectivity index (χ0) is 12.8. The lowest BCUT2D eigenvalue weighted by Gasteiger charge is -2.32. The monoisotopic (exact) mass is 247 g/mol. The first-order chi connectivity index (χ1) is 8.85. The second-order valence-electron chi connectivity index (χ2n) is 5.05. The standard InChI is InChI=1S/C15H25N3/c1-3-16-14-9-7-10-15(14)18(4-2)12-13-8-5-6-11-17-13/h5-6,8,11,14-16H,3-4,7,9-10,12H2,1-2H3. The van der Waals surface area contributed by atoms with Crippen LogP contribution in [0.2, 0.25) is 0 Å². The molecule has 0 spiro atoms. The van der Waals surface area contributed by atoms with Crippen molar-refractivity contribution in [1.29, 1.82) is 0 Å². The summed E-state index contributed by atoms with van der Waals surface area (Å²) in [5, 5.41) is 3.63. The van der Waals surface area contributed by atoms with E-state index in [0.29, 0.717) is 12.1 Å². The van der Waals surface area contributed by atoms with Gasteiger partial charge >= 0.3 is 0 Å².